The molecule has 128 valence electrons. The molecule has 0 aliphatic carbocycles. The van der Waals surface area contributed by atoms with Gasteiger partial charge in [0.05, 0.1) is 12.8 Å². The van der Waals surface area contributed by atoms with Crippen LogP contribution in [-0.4, -0.2) is 40.2 Å². The molecule has 25 heavy (non-hydrogen) atoms. The third-order valence-corrected chi connectivity index (χ3v) is 5.25. The van der Waals surface area contributed by atoms with Gasteiger partial charge in [0.25, 0.3) is 5.91 Å². The number of amidine groups is 1. The molecule has 2 aliphatic rings. The van der Waals surface area contributed by atoms with E-state index in [1.807, 2.05) is 24.3 Å². The number of fused-ring (bicyclic) bond motifs is 1. The fourth-order valence-corrected chi connectivity index (χ4v) is 3.84. The first-order valence-electron chi connectivity index (χ1n) is 8.12. The summed E-state index contributed by atoms with van der Waals surface area (Å²) in [4.78, 5) is 31.5. The standard InChI is InChI=1S/C18H17N3O3S/c22-16(20-18-19-7-9-25-18)14-10-12-4-1-2-5-13(12)11-21(14)17(23)15-6-3-8-24-15/h1-6,8,14H,7,9-11H2,(H,19,20,22)/t14-/m0/s1. The van der Waals surface area contributed by atoms with E-state index in [1.165, 1.54) is 18.0 Å². The first kappa shape index (κ1) is 16.0. The summed E-state index contributed by atoms with van der Waals surface area (Å²) in [6, 6.07) is 10.6. The van der Waals surface area contributed by atoms with Crippen molar-refractivity contribution in [3.05, 3.63) is 59.5 Å². The molecule has 0 unspecified atom stereocenters. The lowest BCUT2D eigenvalue weighted by atomic mass is 9.93. The summed E-state index contributed by atoms with van der Waals surface area (Å²) in [7, 11) is 0. The third-order valence-electron chi connectivity index (χ3n) is 4.36. The van der Waals surface area contributed by atoms with Crippen molar-refractivity contribution in [2.24, 2.45) is 4.99 Å². The topological polar surface area (TPSA) is 74.9 Å². The largest absolute Gasteiger partial charge is 0.459 e. The second kappa shape index (κ2) is 6.76. The van der Waals surface area contributed by atoms with Gasteiger partial charge in [0, 0.05) is 18.7 Å². The van der Waals surface area contributed by atoms with Gasteiger partial charge < -0.3 is 14.6 Å². The second-order valence-corrected chi connectivity index (χ2v) is 7.01. The van der Waals surface area contributed by atoms with E-state index in [-0.39, 0.29) is 17.6 Å². The van der Waals surface area contributed by atoms with Gasteiger partial charge in [0.1, 0.15) is 6.04 Å². The number of furan rings is 1. The molecule has 0 saturated carbocycles. The van der Waals surface area contributed by atoms with Crippen LogP contribution in [0.3, 0.4) is 0 Å². The Morgan fingerprint density at radius 3 is 2.76 bits per heavy atom. The van der Waals surface area contributed by atoms with Gasteiger partial charge >= 0.3 is 0 Å². The molecular formula is C18H17N3O3S. The highest BCUT2D eigenvalue weighted by Gasteiger charge is 2.36. The third kappa shape index (κ3) is 3.19. The maximum absolute atomic E-state index is 12.8. The molecule has 1 aromatic carbocycles. The zero-order chi connectivity index (χ0) is 17.2. The van der Waals surface area contributed by atoms with Crippen LogP contribution in [0.25, 0.3) is 0 Å². The minimum Gasteiger partial charge on any atom is -0.459 e. The number of nitrogens with zero attached hydrogens (tertiary/aromatic N) is 2. The van der Waals surface area contributed by atoms with E-state index in [2.05, 4.69) is 10.3 Å². The van der Waals surface area contributed by atoms with Crippen molar-refractivity contribution in [2.45, 2.75) is 19.0 Å². The number of benzene rings is 1. The normalized spacial score (nSPS) is 19.3. The van der Waals surface area contributed by atoms with Crippen molar-refractivity contribution in [2.75, 3.05) is 12.3 Å². The van der Waals surface area contributed by atoms with Gasteiger partial charge in [-0.25, -0.2) is 0 Å². The summed E-state index contributed by atoms with van der Waals surface area (Å²) in [5.41, 5.74) is 2.14. The fourth-order valence-electron chi connectivity index (χ4n) is 3.11. The summed E-state index contributed by atoms with van der Waals surface area (Å²) in [6.45, 7) is 1.09. The van der Waals surface area contributed by atoms with Crippen molar-refractivity contribution in [3.8, 4) is 0 Å². The molecule has 2 aliphatic heterocycles. The van der Waals surface area contributed by atoms with Gasteiger partial charge in [0.2, 0.25) is 5.91 Å². The highest BCUT2D eigenvalue weighted by atomic mass is 32.2. The molecule has 2 aromatic rings. The highest BCUT2D eigenvalue weighted by Crippen LogP contribution is 2.25. The molecule has 0 fully saturated rings. The van der Waals surface area contributed by atoms with E-state index in [9.17, 15) is 9.59 Å². The smallest absolute Gasteiger partial charge is 0.290 e. The van der Waals surface area contributed by atoms with Crippen LogP contribution >= 0.6 is 11.8 Å². The number of carbonyl (C=O) groups excluding carboxylic acids is 2. The Kier molecular flexibility index (Phi) is 4.31. The maximum Gasteiger partial charge on any atom is 0.290 e. The monoisotopic (exact) mass is 355 g/mol. The van der Waals surface area contributed by atoms with Crippen LogP contribution in [0.5, 0.6) is 0 Å². The van der Waals surface area contributed by atoms with Crippen molar-refractivity contribution < 1.29 is 14.0 Å². The first-order chi connectivity index (χ1) is 12.2. The van der Waals surface area contributed by atoms with Crippen molar-refractivity contribution >= 4 is 28.7 Å². The van der Waals surface area contributed by atoms with Crippen LogP contribution in [0, 0.1) is 0 Å². The van der Waals surface area contributed by atoms with E-state index in [4.69, 9.17) is 4.42 Å². The maximum atomic E-state index is 12.8. The van der Waals surface area contributed by atoms with Gasteiger partial charge in [-0.1, -0.05) is 36.0 Å². The van der Waals surface area contributed by atoms with Crippen molar-refractivity contribution in [1.29, 1.82) is 0 Å². The van der Waals surface area contributed by atoms with Crippen LogP contribution in [0.1, 0.15) is 21.7 Å². The molecule has 6 nitrogen and oxygen atoms in total. The predicted octanol–water partition coefficient (Wildman–Crippen LogP) is 2.07. The quantitative estimate of drug-likeness (QED) is 0.895. The van der Waals surface area contributed by atoms with Crippen LogP contribution in [0.4, 0.5) is 0 Å². The number of hydrogen-bond acceptors (Lipinski definition) is 5. The minimum absolute atomic E-state index is 0.206. The summed E-state index contributed by atoms with van der Waals surface area (Å²) in [6.07, 6.45) is 1.94. The second-order valence-electron chi connectivity index (χ2n) is 5.92. The molecule has 0 spiro atoms. The van der Waals surface area contributed by atoms with Crippen molar-refractivity contribution in [1.82, 2.24) is 10.2 Å². The molecular weight excluding hydrogens is 338 g/mol. The zero-order valence-electron chi connectivity index (χ0n) is 13.5. The molecule has 1 aromatic heterocycles. The zero-order valence-corrected chi connectivity index (χ0v) is 14.3. The fraction of sp³-hybridized carbons (Fsp3) is 0.278. The Hall–Kier alpha value is -2.54. The number of thioether (sulfide) groups is 1. The number of amides is 2. The van der Waals surface area contributed by atoms with Crippen LogP contribution in [-0.2, 0) is 17.8 Å². The summed E-state index contributed by atoms with van der Waals surface area (Å²) < 4.78 is 5.25. The lowest BCUT2D eigenvalue weighted by molar-refractivity contribution is -0.124. The average Bonchev–Trinajstić information content (AvgIpc) is 3.33. The van der Waals surface area contributed by atoms with E-state index in [0.717, 1.165) is 16.9 Å². The van der Waals surface area contributed by atoms with Crippen LogP contribution in [0.2, 0.25) is 0 Å². The minimum atomic E-state index is -0.587. The van der Waals surface area contributed by atoms with Crippen LogP contribution < -0.4 is 5.32 Å². The molecule has 0 saturated heterocycles. The van der Waals surface area contributed by atoms with Gasteiger partial charge in [-0.2, -0.15) is 0 Å². The van der Waals surface area contributed by atoms with Gasteiger partial charge in [-0.05, 0) is 23.3 Å². The predicted molar refractivity (Wildman–Crippen MR) is 95.4 cm³/mol. The molecule has 3 heterocycles. The lowest BCUT2D eigenvalue weighted by Gasteiger charge is -2.35. The van der Waals surface area contributed by atoms with Gasteiger partial charge in [-0.15, -0.1) is 0 Å². The Morgan fingerprint density at radius 2 is 2.04 bits per heavy atom. The highest BCUT2D eigenvalue weighted by molar-refractivity contribution is 8.14. The van der Waals surface area contributed by atoms with Crippen molar-refractivity contribution in [3.63, 3.8) is 0 Å². The molecule has 2 amide bonds. The number of nitrogens with one attached hydrogen (secondary N) is 1. The molecule has 1 N–H and O–H groups in total. The number of hydrogen-bond donors (Lipinski definition) is 1. The number of aliphatic imine (C=N–C) groups is 1. The summed E-state index contributed by atoms with van der Waals surface area (Å²) in [5.74, 6) is 0.631. The van der Waals surface area contributed by atoms with Gasteiger partial charge in [-0.3, -0.25) is 14.6 Å². The Bertz CT molecular complexity index is 832. The molecule has 4 rings (SSSR count). The number of carbonyl (C=O) groups is 2. The van der Waals surface area contributed by atoms with E-state index in [1.54, 1.807) is 17.0 Å². The number of rotatable bonds is 2. The molecule has 0 radical (unpaired) electrons. The Balaban J connectivity index is 1.63. The van der Waals surface area contributed by atoms with E-state index < -0.39 is 6.04 Å². The lowest BCUT2D eigenvalue weighted by Crippen LogP contribution is -2.53. The van der Waals surface area contributed by atoms with E-state index in [0.29, 0.717) is 24.7 Å². The Labute approximate surface area is 149 Å². The van der Waals surface area contributed by atoms with Crippen LogP contribution in [0.15, 0.2) is 52.1 Å². The molecule has 0 bridgehead atoms. The molecule has 7 heteroatoms. The molecule has 1 atom stereocenters. The average molecular weight is 355 g/mol. The Morgan fingerprint density at radius 1 is 1.20 bits per heavy atom. The summed E-state index contributed by atoms with van der Waals surface area (Å²) in [5, 5.41) is 3.49. The summed E-state index contributed by atoms with van der Waals surface area (Å²) >= 11 is 1.52. The van der Waals surface area contributed by atoms with E-state index >= 15 is 0 Å². The SMILES string of the molecule is O=C(NC1=NCCS1)[C@@H]1Cc2ccccc2CN1C(=O)c1ccco1. The first-order valence-corrected chi connectivity index (χ1v) is 9.10. The van der Waals surface area contributed by atoms with Gasteiger partial charge in [0.15, 0.2) is 10.9 Å².